The minimum atomic E-state index is -0.569. The molecule has 12 heteroatoms. The lowest BCUT2D eigenvalue weighted by Crippen LogP contribution is -2.46. The molecule has 0 bridgehead atoms. The summed E-state index contributed by atoms with van der Waals surface area (Å²) in [6.45, 7) is 8.13. The number of hydrogen-bond donors (Lipinski definition) is 3. The summed E-state index contributed by atoms with van der Waals surface area (Å²) in [5.41, 5.74) is 7.63. The van der Waals surface area contributed by atoms with E-state index < -0.39 is 6.04 Å². The lowest BCUT2D eigenvalue weighted by Gasteiger charge is -2.35. The van der Waals surface area contributed by atoms with Crippen LogP contribution in [0, 0.1) is 19.8 Å². The van der Waals surface area contributed by atoms with Crippen LogP contribution in [-0.4, -0.2) is 51.6 Å². The third-order valence-corrected chi connectivity index (χ3v) is 9.49. The van der Waals surface area contributed by atoms with Crippen LogP contribution in [0.2, 0.25) is 0 Å². The van der Waals surface area contributed by atoms with Gasteiger partial charge in [0, 0.05) is 46.9 Å². The quantitative estimate of drug-likeness (QED) is 0.155. The Kier molecular flexibility index (Phi) is 9.20. The standard InChI is InChI=1S/C40H39N9O3/c1-6-23(2)34-38(51)45-32-18-27(14-17-31(32)35(46-34)26-10-8-7-9-11-26)37(50)43-29-15-12-24(3)33(19-29)49-22-28-20-42-39(47-36(28)48(5)40(49)52)44-30-16-13-25(4)41-21-30/h7-21,23,34H,6,22H2,1-5H3,(H,43,50)(H,45,51)(H,42,44,47)/t23?,34-/m1/s1. The van der Waals surface area contributed by atoms with Gasteiger partial charge in [-0.3, -0.25) is 29.4 Å². The number of aryl methyl sites for hydroxylation is 2. The molecule has 4 amide bonds. The molecule has 4 heterocycles. The fraction of sp³-hybridized carbons (Fsp3) is 0.225. The highest BCUT2D eigenvalue weighted by molar-refractivity contribution is 6.20. The Morgan fingerprint density at radius 1 is 0.962 bits per heavy atom. The molecular formula is C40H39N9O3. The smallest absolute Gasteiger partial charge is 0.324 e. The predicted octanol–water partition coefficient (Wildman–Crippen LogP) is 7.26. The number of nitrogens with zero attached hydrogens (tertiary/aromatic N) is 6. The third kappa shape index (κ3) is 6.70. The zero-order valence-electron chi connectivity index (χ0n) is 29.6. The van der Waals surface area contributed by atoms with E-state index in [0.29, 0.717) is 40.1 Å². The normalized spacial score (nSPS) is 15.9. The summed E-state index contributed by atoms with van der Waals surface area (Å²) >= 11 is 0. The Morgan fingerprint density at radius 3 is 2.50 bits per heavy atom. The number of anilines is 6. The average Bonchev–Trinajstić information content (AvgIpc) is 3.30. The molecule has 1 unspecified atom stereocenters. The van der Waals surface area contributed by atoms with E-state index in [4.69, 9.17) is 4.99 Å². The van der Waals surface area contributed by atoms with Gasteiger partial charge in [-0.15, -0.1) is 0 Å². The molecule has 0 spiro atoms. The second kappa shape index (κ2) is 14.1. The number of rotatable bonds is 8. The molecular weight excluding hydrogens is 655 g/mol. The molecule has 0 saturated carbocycles. The number of aliphatic imine (C=N–C) groups is 1. The van der Waals surface area contributed by atoms with E-state index in [1.54, 1.807) is 48.6 Å². The minimum absolute atomic E-state index is 0.0235. The number of carbonyl (C=O) groups excluding carboxylic acids is 3. The van der Waals surface area contributed by atoms with Crippen molar-refractivity contribution in [3.63, 3.8) is 0 Å². The summed E-state index contributed by atoms with van der Waals surface area (Å²) in [7, 11) is 1.68. The molecule has 3 aromatic carbocycles. The number of carbonyl (C=O) groups is 3. The molecule has 5 aromatic rings. The Hall–Kier alpha value is -6.43. The van der Waals surface area contributed by atoms with Gasteiger partial charge in [0.15, 0.2) is 0 Å². The van der Waals surface area contributed by atoms with Crippen LogP contribution in [0.5, 0.6) is 0 Å². The fourth-order valence-corrected chi connectivity index (χ4v) is 6.31. The van der Waals surface area contributed by atoms with E-state index >= 15 is 0 Å². The second-order valence-corrected chi connectivity index (χ2v) is 13.2. The number of hydrogen-bond acceptors (Lipinski definition) is 8. The summed E-state index contributed by atoms with van der Waals surface area (Å²) in [6.07, 6.45) is 4.20. The van der Waals surface area contributed by atoms with Crippen molar-refractivity contribution in [2.45, 2.75) is 46.7 Å². The fourth-order valence-electron chi connectivity index (χ4n) is 6.31. The number of benzene rings is 3. The first-order valence-electron chi connectivity index (χ1n) is 17.2. The van der Waals surface area contributed by atoms with Crippen molar-refractivity contribution in [1.82, 2.24) is 15.0 Å². The molecule has 0 radical (unpaired) electrons. The molecule has 12 nitrogen and oxygen atoms in total. The van der Waals surface area contributed by atoms with Gasteiger partial charge in [-0.1, -0.05) is 56.7 Å². The van der Waals surface area contributed by atoms with Crippen LogP contribution >= 0.6 is 0 Å². The molecule has 52 heavy (non-hydrogen) atoms. The first-order valence-corrected chi connectivity index (χ1v) is 17.2. The van der Waals surface area contributed by atoms with Crippen LogP contribution in [0.25, 0.3) is 0 Å². The van der Waals surface area contributed by atoms with E-state index in [9.17, 15) is 14.4 Å². The van der Waals surface area contributed by atoms with E-state index in [0.717, 1.165) is 40.1 Å². The molecule has 2 aliphatic rings. The van der Waals surface area contributed by atoms with Gasteiger partial charge < -0.3 is 16.0 Å². The lowest BCUT2D eigenvalue weighted by molar-refractivity contribution is -0.118. The van der Waals surface area contributed by atoms with Crippen molar-refractivity contribution < 1.29 is 14.4 Å². The van der Waals surface area contributed by atoms with Crippen LogP contribution in [0.3, 0.4) is 0 Å². The first-order chi connectivity index (χ1) is 25.1. The summed E-state index contributed by atoms with van der Waals surface area (Å²) in [4.78, 5) is 62.3. The minimum Gasteiger partial charge on any atom is -0.324 e. The maximum atomic E-state index is 13.7. The van der Waals surface area contributed by atoms with Gasteiger partial charge in [-0.25, -0.2) is 9.78 Å². The molecule has 0 aliphatic carbocycles. The van der Waals surface area contributed by atoms with E-state index in [1.807, 2.05) is 82.3 Å². The number of nitrogens with one attached hydrogen (secondary N) is 3. The van der Waals surface area contributed by atoms with Crippen LogP contribution in [-0.2, 0) is 11.3 Å². The van der Waals surface area contributed by atoms with E-state index in [2.05, 4.69) is 30.9 Å². The van der Waals surface area contributed by atoms with Crippen molar-refractivity contribution in [3.05, 3.63) is 125 Å². The second-order valence-electron chi connectivity index (χ2n) is 13.2. The number of urea groups is 1. The summed E-state index contributed by atoms with van der Waals surface area (Å²) in [5, 5.41) is 9.17. The number of aromatic nitrogens is 3. The van der Waals surface area contributed by atoms with Gasteiger partial charge in [0.1, 0.15) is 11.9 Å². The van der Waals surface area contributed by atoms with Crippen molar-refractivity contribution in [2.24, 2.45) is 10.9 Å². The Labute approximate surface area is 302 Å². The number of amides is 4. The summed E-state index contributed by atoms with van der Waals surface area (Å²) < 4.78 is 0. The van der Waals surface area contributed by atoms with Gasteiger partial charge in [0.25, 0.3) is 5.91 Å². The van der Waals surface area contributed by atoms with Crippen molar-refractivity contribution in [3.8, 4) is 0 Å². The SMILES string of the molecule is CCC(C)[C@H]1N=C(c2ccccc2)c2ccc(C(=O)Nc3ccc(C)c(N4Cc5cnc(Nc6ccc(C)nc6)nc5N(C)C4=O)c3)cc2NC1=O. The van der Waals surface area contributed by atoms with Crippen LogP contribution in [0.1, 0.15) is 58.6 Å². The topological polar surface area (TPSA) is 145 Å². The molecule has 2 aliphatic heterocycles. The molecule has 0 fully saturated rings. The average molecular weight is 694 g/mol. The molecule has 3 N–H and O–H groups in total. The lowest BCUT2D eigenvalue weighted by atomic mass is 9.97. The van der Waals surface area contributed by atoms with E-state index in [1.165, 1.54) is 4.90 Å². The Morgan fingerprint density at radius 2 is 1.75 bits per heavy atom. The molecule has 262 valence electrons. The van der Waals surface area contributed by atoms with Gasteiger partial charge >= 0.3 is 6.03 Å². The maximum absolute atomic E-state index is 13.7. The monoisotopic (exact) mass is 693 g/mol. The van der Waals surface area contributed by atoms with Crippen molar-refractivity contribution in [2.75, 3.05) is 32.8 Å². The number of fused-ring (bicyclic) bond motifs is 2. The first kappa shape index (κ1) is 34.0. The summed E-state index contributed by atoms with van der Waals surface area (Å²) in [6, 6.07) is 23.4. The van der Waals surface area contributed by atoms with Crippen LogP contribution in [0.4, 0.5) is 39.3 Å². The highest BCUT2D eigenvalue weighted by atomic mass is 16.2. The van der Waals surface area contributed by atoms with Crippen molar-refractivity contribution >= 4 is 58.1 Å². The predicted molar refractivity (Wildman–Crippen MR) is 204 cm³/mol. The zero-order valence-corrected chi connectivity index (χ0v) is 29.6. The van der Waals surface area contributed by atoms with Gasteiger partial charge in [-0.05, 0) is 67.8 Å². The van der Waals surface area contributed by atoms with Gasteiger partial charge in [0.05, 0.1) is 35.5 Å². The number of pyridine rings is 1. The highest BCUT2D eigenvalue weighted by Crippen LogP contribution is 2.34. The van der Waals surface area contributed by atoms with E-state index in [-0.39, 0.29) is 30.3 Å². The highest BCUT2D eigenvalue weighted by Gasteiger charge is 2.32. The van der Waals surface area contributed by atoms with Gasteiger partial charge in [0.2, 0.25) is 11.9 Å². The largest absolute Gasteiger partial charge is 0.330 e. The van der Waals surface area contributed by atoms with Crippen LogP contribution in [0.15, 0.2) is 96.2 Å². The molecule has 2 atom stereocenters. The number of benzodiazepines with no additional fused rings is 1. The Bertz CT molecular complexity index is 2220. The molecule has 2 aromatic heterocycles. The molecule has 7 rings (SSSR count). The molecule has 0 saturated heterocycles. The van der Waals surface area contributed by atoms with Gasteiger partial charge in [-0.2, -0.15) is 4.98 Å². The Balaban J connectivity index is 1.12. The van der Waals surface area contributed by atoms with Crippen LogP contribution < -0.4 is 25.8 Å². The zero-order chi connectivity index (χ0) is 36.5. The van der Waals surface area contributed by atoms with Crippen molar-refractivity contribution in [1.29, 1.82) is 0 Å². The third-order valence-electron chi connectivity index (χ3n) is 9.49. The maximum Gasteiger partial charge on any atom is 0.330 e. The summed E-state index contributed by atoms with van der Waals surface area (Å²) in [5.74, 6) is 0.316.